The summed E-state index contributed by atoms with van der Waals surface area (Å²) in [6, 6.07) is 0. The van der Waals surface area contributed by atoms with Crippen molar-refractivity contribution in [3.8, 4) is 0 Å². The van der Waals surface area contributed by atoms with Crippen molar-refractivity contribution in [1.82, 2.24) is 0 Å². The molecule has 0 bridgehead atoms. The van der Waals surface area contributed by atoms with Crippen molar-refractivity contribution in [2.45, 2.75) is 19.8 Å². The standard InChI is InChI=1S/C11H18O4S/c1-8(13)15-6-9-2-3-11(14)10(9)7-16-5-4-12/h9-10,12H,2-7H2,1H3/t9-,10-/m1/s1. The van der Waals surface area contributed by atoms with Crippen LogP contribution in [0.15, 0.2) is 0 Å². The number of carbonyl (C=O) groups is 2. The van der Waals surface area contributed by atoms with Gasteiger partial charge in [-0.25, -0.2) is 0 Å². The van der Waals surface area contributed by atoms with Gasteiger partial charge >= 0.3 is 5.97 Å². The Morgan fingerprint density at radius 2 is 2.38 bits per heavy atom. The zero-order valence-electron chi connectivity index (χ0n) is 9.48. The zero-order valence-corrected chi connectivity index (χ0v) is 10.3. The van der Waals surface area contributed by atoms with E-state index in [1.807, 2.05) is 0 Å². The molecular formula is C11H18O4S. The summed E-state index contributed by atoms with van der Waals surface area (Å²) in [6.45, 7) is 1.87. The quantitative estimate of drug-likeness (QED) is 0.556. The molecule has 0 aromatic rings. The van der Waals surface area contributed by atoms with Crippen LogP contribution in [-0.4, -0.2) is 41.6 Å². The lowest BCUT2D eigenvalue weighted by atomic mass is 9.98. The maximum Gasteiger partial charge on any atom is 0.302 e. The van der Waals surface area contributed by atoms with Gasteiger partial charge in [0.25, 0.3) is 0 Å². The first kappa shape index (κ1) is 13.5. The van der Waals surface area contributed by atoms with Crippen LogP contribution in [0.3, 0.4) is 0 Å². The van der Waals surface area contributed by atoms with Crippen molar-refractivity contribution in [2.24, 2.45) is 11.8 Å². The topological polar surface area (TPSA) is 63.6 Å². The molecule has 0 heterocycles. The van der Waals surface area contributed by atoms with Crippen LogP contribution < -0.4 is 0 Å². The Hall–Kier alpha value is -0.550. The van der Waals surface area contributed by atoms with E-state index in [-0.39, 0.29) is 30.2 Å². The van der Waals surface area contributed by atoms with E-state index in [0.29, 0.717) is 18.8 Å². The summed E-state index contributed by atoms with van der Waals surface area (Å²) in [7, 11) is 0. The summed E-state index contributed by atoms with van der Waals surface area (Å²) in [5, 5.41) is 8.67. The Labute approximate surface area is 99.7 Å². The molecule has 16 heavy (non-hydrogen) atoms. The number of Topliss-reactive ketones (excluding diaryl/α,β-unsaturated/α-hetero) is 1. The molecule has 92 valence electrons. The van der Waals surface area contributed by atoms with Gasteiger partial charge in [-0.15, -0.1) is 0 Å². The number of hydrogen-bond donors (Lipinski definition) is 1. The second kappa shape index (κ2) is 6.91. The normalized spacial score (nSPS) is 24.8. The van der Waals surface area contributed by atoms with Crippen molar-refractivity contribution in [3.63, 3.8) is 0 Å². The third-order valence-electron chi connectivity index (χ3n) is 2.78. The highest BCUT2D eigenvalue weighted by Crippen LogP contribution is 2.31. The lowest BCUT2D eigenvalue weighted by Crippen LogP contribution is -2.22. The fourth-order valence-electron chi connectivity index (χ4n) is 1.90. The lowest BCUT2D eigenvalue weighted by molar-refractivity contribution is -0.143. The first-order valence-electron chi connectivity index (χ1n) is 5.49. The molecule has 5 heteroatoms. The number of carbonyl (C=O) groups excluding carboxylic acids is 2. The Kier molecular flexibility index (Phi) is 5.84. The highest BCUT2D eigenvalue weighted by Gasteiger charge is 2.34. The maximum absolute atomic E-state index is 11.6. The largest absolute Gasteiger partial charge is 0.466 e. The van der Waals surface area contributed by atoms with E-state index in [9.17, 15) is 9.59 Å². The first-order chi connectivity index (χ1) is 7.65. The van der Waals surface area contributed by atoms with Crippen molar-refractivity contribution in [2.75, 3.05) is 24.7 Å². The smallest absolute Gasteiger partial charge is 0.302 e. The molecule has 2 atom stereocenters. The van der Waals surface area contributed by atoms with Gasteiger partial charge in [0.1, 0.15) is 5.78 Å². The predicted octanol–water partition coefficient (Wildman–Crippen LogP) is 0.870. The third kappa shape index (κ3) is 4.14. The average molecular weight is 246 g/mol. The molecule has 1 rings (SSSR count). The van der Waals surface area contributed by atoms with Gasteiger partial charge < -0.3 is 9.84 Å². The average Bonchev–Trinajstić information content (AvgIpc) is 2.58. The van der Waals surface area contributed by atoms with E-state index in [2.05, 4.69) is 0 Å². The van der Waals surface area contributed by atoms with Crippen LogP contribution in [0.25, 0.3) is 0 Å². The van der Waals surface area contributed by atoms with Crippen LogP contribution in [0, 0.1) is 11.8 Å². The highest BCUT2D eigenvalue weighted by atomic mass is 32.2. The molecule has 1 aliphatic rings. The highest BCUT2D eigenvalue weighted by molar-refractivity contribution is 7.99. The minimum absolute atomic E-state index is 0.00380. The van der Waals surface area contributed by atoms with E-state index >= 15 is 0 Å². The predicted molar refractivity (Wildman–Crippen MR) is 62.3 cm³/mol. The summed E-state index contributed by atoms with van der Waals surface area (Å²) in [5.41, 5.74) is 0. The molecule has 0 aromatic carbocycles. The first-order valence-corrected chi connectivity index (χ1v) is 6.65. The van der Waals surface area contributed by atoms with E-state index in [4.69, 9.17) is 9.84 Å². The van der Waals surface area contributed by atoms with E-state index in [0.717, 1.165) is 12.2 Å². The van der Waals surface area contributed by atoms with Crippen molar-refractivity contribution < 1.29 is 19.4 Å². The number of thioether (sulfide) groups is 1. The summed E-state index contributed by atoms with van der Waals surface area (Å²) in [5.74, 6) is 1.53. The van der Waals surface area contributed by atoms with Crippen LogP contribution >= 0.6 is 11.8 Å². The second-order valence-electron chi connectivity index (χ2n) is 3.97. The van der Waals surface area contributed by atoms with Gasteiger partial charge in [0.15, 0.2) is 0 Å². The van der Waals surface area contributed by atoms with E-state index < -0.39 is 0 Å². The summed E-state index contributed by atoms with van der Waals surface area (Å²) < 4.78 is 4.96. The monoisotopic (exact) mass is 246 g/mol. The molecule has 0 radical (unpaired) electrons. The fraction of sp³-hybridized carbons (Fsp3) is 0.818. The number of aliphatic hydroxyl groups excluding tert-OH is 1. The molecular weight excluding hydrogens is 228 g/mol. The van der Waals surface area contributed by atoms with Crippen molar-refractivity contribution in [3.05, 3.63) is 0 Å². The Morgan fingerprint density at radius 3 is 3.00 bits per heavy atom. The van der Waals surface area contributed by atoms with Gasteiger partial charge in [-0.05, 0) is 6.42 Å². The summed E-state index contributed by atoms with van der Waals surface area (Å²) in [4.78, 5) is 22.3. The van der Waals surface area contributed by atoms with Crippen LogP contribution in [0.1, 0.15) is 19.8 Å². The van der Waals surface area contributed by atoms with E-state index in [1.165, 1.54) is 6.92 Å². The number of hydrogen-bond acceptors (Lipinski definition) is 5. The Bertz CT molecular complexity index is 254. The molecule has 1 N–H and O–H groups in total. The van der Waals surface area contributed by atoms with Crippen LogP contribution in [-0.2, 0) is 14.3 Å². The Balaban J connectivity index is 2.36. The maximum atomic E-state index is 11.6. The SMILES string of the molecule is CC(=O)OC[C@H]1CCC(=O)[C@@H]1CSCCO. The molecule has 0 spiro atoms. The number of ether oxygens (including phenoxy) is 1. The van der Waals surface area contributed by atoms with Crippen molar-refractivity contribution >= 4 is 23.5 Å². The summed E-state index contributed by atoms with van der Waals surface area (Å²) in [6.07, 6.45) is 1.41. The number of esters is 1. The van der Waals surface area contributed by atoms with Crippen LogP contribution in [0.5, 0.6) is 0 Å². The van der Waals surface area contributed by atoms with Gasteiger partial charge in [0, 0.05) is 36.7 Å². The molecule has 0 aromatic heterocycles. The minimum atomic E-state index is -0.291. The molecule has 0 aliphatic heterocycles. The molecule has 0 unspecified atom stereocenters. The number of aliphatic hydroxyl groups is 1. The third-order valence-corrected chi connectivity index (χ3v) is 3.84. The van der Waals surface area contributed by atoms with E-state index in [1.54, 1.807) is 11.8 Å². The van der Waals surface area contributed by atoms with Crippen molar-refractivity contribution in [1.29, 1.82) is 0 Å². The van der Waals surface area contributed by atoms with Gasteiger partial charge in [0.05, 0.1) is 13.2 Å². The van der Waals surface area contributed by atoms with Crippen LogP contribution in [0.2, 0.25) is 0 Å². The molecule has 4 nitrogen and oxygen atoms in total. The minimum Gasteiger partial charge on any atom is -0.466 e. The molecule has 0 saturated heterocycles. The zero-order chi connectivity index (χ0) is 12.0. The van der Waals surface area contributed by atoms with Gasteiger partial charge in [-0.1, -0.05) is 0 Å². The molecule has 0 amide bonds. The fourth-order valence-corrected chi connectivity index (χ4v) is 2.91. The molecule has 1 aliphatic carbocycles. The second-order valence-corrected chi connectivity index (χ2v) is 5.12. The summed E-state index contributed by atoms with van der Waals surface area (Å²) >= 11 is 1.58. The molecule has 1 saturated carbocycles. The Morgan fingerprint density at radius 1 is 1.62 bits per heavy atom. The lowest BCUT2D eigenvalue weighted by Gasteiger charge is -2.17. The number of rotatable bonds is 6. The number of ketones is 1. The van der Waals surface area contributed by atoms with Gasteiger partial charge in [-0.3, -0.25) is 9.59 Å². The van der Waals surface area contributed by atoms with Crippen LogP contribution in [0.4, 0.5) is 0 Å². The van der Waals surface area contributed by atoms with Gasteiger partial charge in [0.2, 0.25) is 0 Å². The molecule has 1 fully saturated rings. The van der Waals surface area contributed by atoms with Gasteiger partial charge in [-0.2, -0.15) is 11.8 Å².